The molecule has 0 radical (unpaired) electrons. The van der Waals surface area contributed by atoms with Gasteiger partial charge in [-0.15, -0.1) is 6.58 Å². The van der Waals surface area contributed by atoms with Gasteiger partial charge in [-0.2, -0.15) is 0 Å². The van der Waals surface area contributed by atoms with E-state index in [4.69, 9.17) is 4.74 Å². The van der Waals surface area contributed by atoms with Crippen LogP contribution in [0.4, 0.5) is 0 Å². The van der Waals surface area contributed by atoms with Crippen molar-refractivity contribution in [2.24, 2.45) is 4.99 Å². The standard InChI is InChI=1S/C17H27N3O/c1-3-12-19-17(18-4-2)20-13-8-14-21-15-11-16-9-6-5-7-10-16/h3,5-7,9-10H,1,4,8,11-15H2,2H3,(H2,18,19,20). The molecule has 0 saturated heterocycles. The van der Waals surface area contributed by atoms with Crippen LogP contribution in [0.25, 0.3) is 0 Å². The summed E-state index contributed by atoms with van der Waals surface area (Å²) in [5, 5.41) is 6.37. The second-order valence-corrected chi connectivity index (χ2v) is 4.63. The highest BCUT2D eigenvalue weighted by Gasteiger charge is 1.95. The largest absolute Gasteiger partial charge is 0.381 e. The molecule has 0 atom stereocenters. The van der Waals surface area contributed by atoms with Crippen molar-refractivity contribution in [2.45, 2.75) is 19.8 Å². The lowest BCUT2D eigenvalue weighted by molar-refractivity contribution is 0.136. The Morgan fingerprint density at radius 3 is 2.76 bits per heavy atom. The number of aliphatic imine (C=N–C) groups is 1. The van der Waals surface area contributed by atoms with E-state index in [1.807, 2.05) is 12.1 Å². The maximum absolute atomic E-state index is 5.63. The van der Waals surface area contributed by atoms with Crippen molar-refractivity contribution in [3.05, 3.63) is 48.6 Å². The van der Waals surface area contributed by atoms with Crippen LogP contribution in [-0.4, -0.2) is 38.8 Å². The second-order valence-electron chi connectivity index (χ2n) is 4.63. The topological polar surface area (TPSA) is 45.7 Å². The summed E-state index contributed by atoms with van der Waals surface area (Å²) in [6.45, 7) is 9.59. The lowest BCUT2D eigenvalue weighted by Gasteiger charge is -2.09. The summed E-state index contributed by atoms with van der Waals surface area (Å²) in [5.74, 6) is 0.835. The predicted molar refractivity (Wildman–Crippen MR) is 89.8 cm³/mol. The van der Waals surface area contributed by atoms with Crippen LogP contribution in [0.15, 0.2) is 48.0 Å². The van der Waals surface area contributed by atoms with Crippen molar-refractivity contribution in [2.75, 3.05) is 32.8 Å². The Morgan fingerprint density at radius 1 is 1.24 bits per heavy atom. The van der Waals surface area contributed by atoms with Gasteiger partial charge in [-0.3, -0.25) is 4.99 Å². The minimum atomic E-state index is 0.722. The molecule has 1 rings (SSSR count). The molecule has 0 aliphatic heterocycles. The molecule has 0 fully saturated rings. The zero-order chi connectivity index (χ0) is 15.2. The van der Waals surface area contributed by atoms with Gasteiger partial charge in [0.15, 0.2) is 5.96 Å². The van der Waals surface area contributed by atoms with E-state index in [1.165, 1.54) is 5.56 Å². The molecule has 0 aliphatic rings. The van der Waals surface area contributed by atoms with Crippen molar-refractivity contribution >= 4 is 5.96 Å². The highest BCUT2D eigenvalue weighted by atomic mass is 16.5. The first-order valence-electron chi connectivity index (χ1n) is 7.61. The molecule has 0 amide bonds. The Bertz CT molecular complexity index is 404. The van der Waals surface area contributed by atoms with Crippen molar-refractivity contribution < 1.29 is 4.74 Å². The number of hydrogen-bond donors (Lipinski definition) is 2. The molecule has 21 heavy (non-hydrogen) atoms. The monoisotopic (exact) mass is 289 g/mol. The molecule has 1 aromatic carbocycles. The first kappa shape index (κ1) is 17.2. The number of guanidine groups is 1. The van der Waals surface area contributed by atoms with Gasteiger partial charge >= 0.3 is 0 Å². The van der Waals surface area contributed by atoms with Crippen LogP contribution in [0.2, 0.25) is 0 Å². The maximum atomic E-state index is 5.63. The summed E-state index contributed by atoms with van der Waals surface area (Å²) >= 11 is 0. The Morgan fingerprint density at radius 2 is 2.05 bits per heavy atom. The second kappa shape index (κ2) is 12.0. The summed E-state index contributed by atoms with van der Waals surface area (Å²) in [4.78, 5) is 4.47. The van der Waals surface area contributed by atoms with E-state index in [2.05, 4.69) is 53.4 Å². The van der Waals surface area contributed by atoms with E-state index >= 15 is 0 Å². The molecule has 0 heterocycles. The number of ether oxygens (including phenoxy) is 1. The van der Waals surface area contributed by atoms with Gasteiger partial charge in [0.25, 0.3) is 0 Å². The smallest absolute Gasteiger partial charge is 0.191 e. The van der Waals surface area contributed by atoms with Crippen LogP contribution in [0.3, 0.4) is 0 Å². The number of nitrogens with zero attached hydrogens (tertiary/aromatic N) is 1. The average molecular weight is 289 g/mol. The lowest BCUT2D eigenvalue weighted by atomic mass is 10.2. The molecule has 116 valence electrons. The Labute approximate surface area is 128 Å². The molecule has 0 aromatic heterocycles. The molecule has 2 N–H and O–H groups in total. The van der Waals surface area contributed by atoms with Crippen LogP contribution >= 0.6 is 0 Å². The van der Waals surface area contributed by atoms with E-state index in [-0.39, 0.29) is 0 Å². The third kappa shape index (κ3) is 8.87. The van der Waals surface area contributed by atoms with Gasteiger partial charge in [-0.25, -0.2) is 0 Å². The van der Waals surface area contributed by atoms with E-state index < -0.39 is 0 Å². The molecular weight excluding hydrogens is 262 g/mol. The molecule has 1 aromatic rings. The quantitative estimate of drug-likeness (QED) is 0.301. The van der Waals surface area contributed by atoms with Crippen molar-refractivity contribution in [1.29, 1.82) is 0 Å². The molecule has 4 nitrogen and oxygen atoms in total. The molecule has 4 heteroatoms. The van der Waals surface area contributed by atoms with Crippen LogP contribution < -0.4 is 10.6 Å². The van der Waals surface area contributed by atoms with Crippen LogP contribution in [0, 0.1) is 0 Å². The summed E-state index contributed by atoms with van der Waals surface area (Å²) in [6.07, 6.45) is 3.71. The molecule has 0 spiro atoms. The highest BCUT2D eigenvalue weighted by molar-refractivity contribution is 5.79. The van der Waals surface area contributed by atoms with Crippen LogP contribution in [0.5, 0.6) is 0 Å². The number of hydrogen-bond acceptors (Lipinski definition) is 2. The number of nitrogens with one attached hydrogen (secondary N) is 2. The Hall–Kier alpha value is -1.81. The fourth-order valence-electron chi connectivity index (χ4n) is 1.80. The van der Waals surface area contributed by atoms with Crippen molar-refractivity contribution in [3.8, 4) is 0 Å². The van der Waals surface area contributed by atoms with Gasteiger partial charge in [0.1, 0.15) is 0 Å². The maximum Gasteiger partial charge on any atom is 0.191 e. The first-order chi connectivity index (χ1) is 10.4. The van der Waals surface area contributed by atoms with Gasteiger partial charge < -0.3 is 15.4 Å². The summed E-state index contributed by atoms with van der Waals surface area (Å²) < 4.78 is 5.63. The predicted octanol–water partition coefficient (Wildman–Crippen LogP) is 2.38. The summed E-state index contributed by atoms with van der Waals surface area (Å²) in [7, 11) is 0. The zero-order valence-corrected chi connectivity index (χ0v) is 13.0. The Balaban J connectivity index is 2.08. The van der Waals surface area contributed by atoms with E-state index in [1.54, 1.807) is 0 Å². The zero-order valence-electron chi connectivity index (χ0n) is 13.0. The van der Waals surface area contributed by atoms with Gasteiger partial charge in [-0.05, 0) is 25.3 Å². The molecule has 0 aliphatic carbocycles. The average Bonchev–Trinajstić information content (AvgIpc) is 2.52. The van der Waals surface area contributed by atoms with E-state index in [9.17, 15) is 0 Å². The summed E-state index contributed by atoms with van der Waals surface area (Å²) in [6, 6.07) is 10.4. The van der Waals surface area contributed by atoms with Crippen LogP contribution in [0.1, 0.15) is 18.9 Å². The van der Waals surface area contributed by atoms with E-state index in [0.717, 1.165) is 51.6 Å². The Kier molecular flexibility index (Phi) is 9.83. The molecule has 0 saturated carbocycles. The van der Waals surface area contributed by atoms with Gasteiger partial charge in [-0.1, -0.05) is 36.4 Å². The fourth-order valence-corrected chi connectivity index (χ4v) is 1.80. The minimum Gasteiger partial charge on any atom is -0.381 e. The van der Waals surface area contributed by atoms with Gasteiger partial charge in [0.2, 0.25) is 0 Å². The van der Waals surface area contributed by atoms with Crippen molar-refractivity contribution in [3.63, 3.8) is 0 Å². The SMILES string of the molecule is C=CCNC(=NCCCOCCc1ccccc1)NCC. The summed E-state index contributed by atoms with van der Waals surface area (Å²) in [5.41, 5.74) is 1.32. The minimum absolute atomic E-state index is 0.722. The molecule has 0 bridgehead atoms. The van der Waals surface area contributed by atoms with Gasteiger partial charge in [0.05, 0.1) is 6.61 Å². The van der Waals surface area contributed by atoms with Crippen LogP contribution in [-0.2, 0) is 11.2 Å². The first-order valence-corrected chi connectivity index (χ1v) is 7.61. The third-order valence-corrected chi connectivity index (χ3v) is 2.85. The number of rotatable bonds is 10. The lowest BCUT2D eigenvalue weighted by Crippen LogP contribution is -2.37. The van der Waals surface area contributed by atoms with E-state index in [0.29, 0.717) is 0 Å². The van der Waals surface area contributed by atoms with Crippen molar-refractivity contribution in [1.82, 2.24) is 10.6 Å². The molecule has 0 unspecified atom stereocenters. The number of benzene rings is 1. The third-order valence-electron chi connectivity index (χ3n) is 2.85. The fraction of sp³-hybridized carbons (Fsp3) is 0.471. The highest BCUT2D eigenvalue weighted by Crippen LogP contribution is 1.99. The molecular formula is C17H27N3O. The van der Waals surface area contributed by atoms with Gasteiger partial charge in [0, 0.05) is 26.2 Å². The normalized spacial score (nSPS) is 11.2.